The highest BCUT2D eigenvalue weighted by Crippen LogP contribution is 2.70. The molecule has 0 bridgehead atoms. The standard InChI is InChI=1S/C35H54O8/c1-20-28(36)7-9-32(40-20)43-29-8-10-31(41-21(29)2)42-24-11-14-33(3)23(18-24)5-6-27-26(33)12-15-34(4)25(13-16-35(27,34)38)22-17-30(37)39-19-22/h17,20-21,23-29,31-32,36,38H,5-16,18-19H2,1-4H3/t20-,21-,23-,24+,25-,26+,27-,28+,29+,31-,32-,33+,34-,35+/m1/s1. The fourth-order valence-electron chi connectivity index (χ4n) is 11.2. The van der Waals surface area contributed by atoms with Gasteiger partial charge in [0.1, 0.15) is 6.61 Å². The summed E-state index contributed by atoms with van der Waals surface area (Å²) in [4.78, 5) is 11.9. The molecule has 0 radical (unpaired) electrons. The zero-order valence-electron chi connectivity index (χ0n) is 26.7. The van der Waals surface area contributed by atoms with Crippen LogP contribution in [0.5, 0.6) is 0 Å². The summed E-state index contributed by atoms with van der Waals surface area (Å²) in [6.07, 6.45) is 13.4. The van der Waals surface area contributed by atoms with Gasteiger partial charge in [-0.25, -0.2) is 4.79 Å². The molecule has 2 saturated heterocycles. The molecule has 3 aliphatic heterocycles. The first-order chi connectivity index (χ1) is 20.5. The van der Waals surface area contributed by atoms with Gasteiger partial charge in [-0.05, 0) is 119 Å². The molecule has 3 heterocycles. The third kappa shape index (κ3) is 5.14. The van der Waals surface area contributed by atoms with E-state index in [4.69, 9.17) is 23.7 Å². The molecular weight excluding hydrogens is 548 g/mol. The lowest BCUT2D eigenvalue weighted by Crippen LogP contribution is -2.62. The van der Waals surface area contributed by atoms with Crippen LogP contribution in [-0.2, 0) is 28.5 Å². The van der Waals surface area contributed by atoms with Gasteiger partial charge in [-0.1, -0.05) is 13.8 Å². The number of ether oxygens (including phenoxy) is 5. The van der Waals surface area contributed by atoms with Crippen molar-refractivity contribution in [1.29, 1.82) is 0 Å². The Labute approximate surface area is 257 Å². The fraction of sp³-hybridized carbons (Fsp3) is 0.914. The maximum Gasteiger partial charge on any atom is 0.331 e. The molecule has 14 atom stereocenters. The largest absolute Gasteiger partial charge is 0.458 e. The van der Waals surface area contributed by atoms with Crippen LogP contribution in [0.1, 0.15) is 111 Å². The number of carbonyl (C=O) groups is 1. The molecule has 0 aromatic heterocycles. The molecule has 8 heteroatoms. The Morgan fingerprint density at radius 1 is 0.837 bits per heavy atom. The van der Waals surface area contributed by atoms with E-state index in [0.717, 1.165) is 76.2 Å². The topological polar surface area (TPSA) is 104 Å². The summed E-state index contributed by atoms with van der Waals surface area (Å²) in [6, 6.07) is 0. The van der Waals surface area contributed by atoms with Crippen LogP contribution in [0.2, 0.25) is 0 Å². The van der Waals surface area contributed by atoms with Gasteiger partial charge in [-0.3, -0.25) is 0 Å². The molecule has 0 amide bonds. The van der Waals surface area contributed by atoms with E-state index in [1.165, 1.54) is 0 Å². The van der Waals surface area contributed by atoms with Crippen LogP contribution < -0.4 is 0 Å². The number of fused-ring (bicyclic) bond motifs is 5. The van der Waals surface area contributed by atoms with Gasteiger partial charge in [0.2, 0.25) is 0 Å². The van der Waals surface area contributed by atoms with E-state index in [0.29, 0.717) is 37.2 Å². The second kappa shape index (κ2) is 11.3. The van der Waals surface area contributed by atoms with E-state index in [1.54, 1.807) is 6.08 Å². The van der Waals surface area contributed by atoms with E-state index in [-0.39, 0.29) is 59.7 Å². The minimum Gasteiger partial charge on any atom is -0.458 e. The number of hydrogen-bond acceptors (Lipinski definition) is 8. The summed E-state index contributed by atoms with van der Waals surface area (Å²) >= 11 is 0. The maximum absolute atomic E-state index is 12.5. The van der Waals surface area contributed by atoms with Crippen LogP contribution in [0, 0.1) is 34.5 Å². The molecule has 7 rings (SSSR count). The highest BCUT2D eigenvalue weighted by atomic mass is 16.7. The third-order valence-electron chi connectivity index (χ3n) is 13.8. The molecule has 8 nitrogen and oxygen atoms in total. The van der Waals surface area contributed by atoms with Gasteiger partial charge in [-0.15, -0.1) is 0 Å². The normalized spacial score (nSPS) is 53.4. The average molecular weight is 603 g/mol. The van der Waals surface area contributed by atoms with Gasteiger partial charge in [-0.2, -0.15) is 0 Å². The third-order valence-corrected chi connectivity index (χ3v) is 13.8. The number of aliphatic hydroxyl groups is 2. The van der Waals surface area contributed by atoms with Crippen LogP contribution in [0.15, 0.2) is 11.6 Å². The van der Waals surface area contributed by atoms with Gasteiger partial charge in [0.25, 0.3) is 0 Å². The van der Waals surface area contributed by atoms with Crippen molar-refractivity contribution in [3.05, 3.63) is 11.6 Å². The summed E-state index contributed by atoms with van der Waals surface area (Å²) in [5.41, 5.74) is 0.484. The Bertz CT molecular complexity index is 1090. The first-order valence-corrected chi connectivity index (χ1v) is 17.4. The predicted molar refractivity (Wildman–Crippen MR) is 159 cm³/mol. The monoisotopic (exact) mass is 602 g/mol. The highest BCUT2D eigenvalue weighted by molar-refractivity contribution is 5.85. The van der Waals surface area contributed by atoms with E-state index in [2.05, 4.69) is 20.8 Å². The van der Waals surface area contributed by atoms with Crippen LogP contribution in [0.3, 0.4) is 0 Å². The molecule has 242 valence electrons. The quantitative estimate of drug-likeness (QED) is 0.318. The van der Waals surface area contributed by atoms with Gasteiger partial charge in [0.15, 0.2) is 12.6 Å². The van der Waals surface area contributed by atoms with Crippen molar-refractivity contribution in [3.63, 3.8) is 0 Å². The summed E-state index contributed by atoms with van der Waals surface area (Å²) < 4.78 is 30.4. The second-order valence-electron chi connectivity index (χ2n) is 15.8. The first kappa shape index (κ1) is 30.6. The molecule has 4 aliphatic carbocycles. The highest BCUT2D eigenvalue weighted by Gasteiger charge is 2.67. The van der Waals surface area contributed by atoms with Gasteiger partial charge in [0, 0.05) is 24.3 Å². The van der Waals surface area contributed by atoms with Crippen molar-refractivity contribution in [2.24, 2.45) is 34.5 Å². The summed E-state index contributed by atoms with van der Waals surface area (Å²) in [5, 5.41) is 22.4. The van der Waals surface area contributed by atoms with Crippen molar-refractivity contribution >= 4 is 5.97 Å². The Kier molecular flexibility index (Phi) is 8.07. The summed E-state index contributed by atoms with van der Waals surface area (Å²) in [6.45, 7) is 9.20. The second-order valence-corrected chi connectivity index (χ2v) is 15.8. The summed E-state index contributed by atoms with van der Waals surface area (Å²) in [7, 11) is 0. The Morgan fingerprint density at radius 3 is 2.35 bits per heavy atom. The maximum atomic E-state index is 12.5. The molecule has 43 heavy (non-hydrogen) atoms. The lowest BCUT2D eigenvalue weighted by atomic mass is 9.43. The van der Waals surface area contributed by atoms with Gasteiger partial charge in [0.05, 0.1) is 36.1 Å². The van der Waals surface area contributed by atoms with E-state index in [1.807, 2.05) is 6.92 Å². The van der Waals surface area contributed by atoms with Crippen LogP contribution in [0.25, 0.3) is 0 Å². The SMILES string of the molecule is C[C@H]1O[C@H](O[C@H]2CC[C@@]3(C)[C@H](CC[C@@H]4[C@@H]3CC[C@]3(C)[C@@H](C5=CC(=O)OC5)CC[C@]43O)C2)CC[C@@H]1O[C@@H]1CC[C@H](O)[C@@H](C)O1. The minimum atomic E-state index is -0.667. The Hall–Kier alpha value is -1.03. The van der Waals surface area contributed by atoms with Crippen molar-refractivity contribution < 1.29 is 38.7 Å². The first-order valence-electron chi connectivity index (χ1n) is 17.4. The molecule has 0 aromatic rings. The van der Waals surface area contributed by atoms with Crippen LogP contribution in [-0.4, -0.2) is 71.5 Å². The molecule has 7 aliphatic rings. The molecule has 6 fully saturated rings. The fourth-order valence-corrected chi connectivity index (χ4v) is 11.2. The molecular formula is C35H54O8. The van der Waals surface area contributed by atoms with E-state index >= 15 is 0 Å². The molecule has 4 saturated carbocycles. The molecule has 2 N–H and O–H groups in total. The predicted octanol–water partition coefficient (Wildman–Crippen LogP) is 5.42. The van der Waals surface area contributed by atoms with Crippen molar-refractivity contribution in [1.82, 2.24) is 0 Å². The lowest BCUT2D eigenvalue weighted by Gasteiger charge is -2.63. The van der Waals surface area contributed by atoms with E-state index in [9.17, 15) is 15.0 Å². The number of rotatable bonds is 5. The Morgan fingerprint density at radius 2 is 1.60 bits per heavy atom. The number of carbonyl (C=O) groups excluding carboxylic acids is 1. The van der Waals surface area contributed by atoms with Crippen molar-refractivity contribution in [2.75, 3.05) is 6.61 Å². The number of cyclic esters (lactones) is 1. The van der Waals surface area contributed by atoms with E-state index < -0.39 is 11.7 Å². The van der Waals surface area contributed by atoms with Gasteiger partial charge < -0.3 is 33.9 Å². The molecule has 0 aromatic carbocycles. The zero-order chi connectivity index (χ0) is 30.1. The summed E-state index contributed by atoms with van der Waals surface area (Å²) in [5.74, 6) is 1.50. The number of hydrogen-bond donors (Lipinski definition) is 2. The number of aliphatic hydroxyl groups excluding tert-OH is 1. The van der Waals surface area contributed by atoms with Crippen LogP contribution in [0.4, 0.5) is 0 Å². The smallest absolute Gasteiger partial charge is 0.331 e. The van der Waals surface area contributed by atoms with Crippen molar-refractivity contribution in [3.8, 4) is 0 Å². The lowest BCUT2D eigenvalue weighted by molar-refractivity contribution is -0.291. The molecule has 0 unspecified atom stereocenters. The van der Waals surface area contributed by atoms with Gasteiger partial charge >= 0.3 is 5.97 Å². The Balaban J connectivity index is 0.947. The van der Waals surface area contributed by atoms with Crippen LogP contribution >= 0.6 is 0 Å². The zero-order valence-corrected chi connectivity index (χ0v) is 26.7. The average Bonchev–Trinajstić information content (AvgIpc) is 3.52. The number of esters is 1. The minimum absolute atomic E-state index is 0.0202. The van der Waals surface area contributed by atoms with Crippen molar-refractivity contribution in [2.45, 2.75) is 160 Å². The molecule has 0 spiro atoms.